The maximum Gasteiger partial charge on any atom is 0.419 e. The second-order valence-electron chi connectivity index (χ2n) is 4.40. The molecule has 106 valence electrons. The zero-order valence-electron chi connectivity index (χ0n) is 10.4. The van der Waals surface area contributed by atoms with Crippen LogP contribution in [0.15, 0.2) is 42.7 Å². The number of pyridine rings is 1. The van der Waals surface area contributed by atoms with E-state index in [0.29, 0.717) is 12.0 Å². The molecule has 0 aliphatic heterocycles. The van der Waals surface area contributed by atoms with Gasteiger partial charge in [-0.3, -0.25) is 4.98 Å². The van der Waals surface area contributed by atoms with Gasteiger partial charge in [0.05, 0.1) is 5.56 Å². The zero-order chi connectivity index (χ0) is 14.8. The molecule has 2 nitrogen and oxygen atoms in total. The summed E-state index contributed by atoms with van der Waals surface area (Å²) in [6.45, 7) is 0. The lowest BCUT2D eigenvalue weighted by Crippen LogP contribution is -2.15. The minimum Gasteiger partial charge on any atom is -0.324 e. The number of nitrogens with two attached hydrogens (primary N) is 1. The van der Waals surface area contributed by atoms with Gasteiger partial charge in [0.25, 0.3) is 0 Å². The molecule has 20 heavy (non-hydrogen) atoms. The lowest BCUT2D eigenvalue weighted by molar-refractivity contribution is -0.140. The van der Waals surface area contributed by atoms with Crippen LogP contribution in [-0.4, -0.2) is 4.98 Å². The Hall–Kier alpha value is -1.95. The number of nitrogens with zero attached hydrogens (tertiary/aromatic N) is 1. The van der Waals surface area contributed by atoms with E-state index in [0.717, 1.165) is 17.7 Å². The highest BCUT2D eigenvalue weighted by atomic mass is 19.4. The van der Waals surface area contributed by atoms with E-state index < -0.39 is 23.6 Å². The lowest BCUT2D eigenvalue weighted by atomic mass is 9.99. The highest BCUT2D eigenvalue weighted by Gasteiger charge is 2.34. The van der Waals surface area contributed by atoms with Gasteiger partial charge in [0.2, 0.25) is 0 Å². The standard InChI is InChI=1S/C14H12F4N2/c15-12-8-10(1-2-11(12)14(16,17)18)13(19)7-9-3-5-20-6-4-9/h1-6,8,13H,7,19H2. The fraction of sp³-hybridized carbons (Fsp3) is 0.214. The number of halogens is 4. The molecule has 0 radical (unpaired) electrons. The first-order valence-electron chi connectivity index (χ1n) is 5.89. The summed E-state index contributed by atoms with van der Waals surface area (Å²) < 4.78 is 50.8. The quantitative estimate of drug-likeness (QED) is 0.876. The van der Waals surface area contributed by atoms with Crippen molar-refractivity contribution in [1.29, 1.82) is 0 Å². The van der Waals surface area contributed by atoms with Crippen LogP contribution in [0, 0.1) is 5.82 Å². The lowest BCUT2D eigenvalue weighted by Gasteiger charge is -2.14. The van der Waals surface area contributed by atoms with Crippen molar-refractivity contribution in [3.8, 4) is 0 Å². The van der Waals surface area contributed by atoms with Crippen molar-refractivity contribution in [2.75, 3.05) is 0 Å². The van der Waals surface area contributed by atoms with Crippen LogP contribution in [0.3, 0.4) is 0 Å². The Balaban J connectivity index is 2.19. The zero-order valence-corrected chi connectivity index (χ0v) is 10.4. The minimum absolute atomic E-state index is 0.326. The first kappa shape index (κ1) is 14.5. The van der Waals surface area contributed by atoms with Gasteiger partial charge < -0.3 is 5.73 Å². The van der Waals surface area contributed by atoms with E-state index in [-0.39, 0.29) is 0 Å². The van der Waals surface area contributed by atoms with Crippen molar-refractivity contribution in [3.63, 3.8) is 0 Å². The van der Waals surface area contributed by atoms with Gasteiger partial charge in [-0.15, -0.1) is 0 Å². The molecule has 0 spiro atoms. The van der Waals surface area contributed by atoms with Gasteiger partial charge in [0, 0.05) is 18.4 Å². The Kier molecular flexibility index (Phi) is 4.04. The van der Waals surface area contributed by atoms with Crippen LogP contribution in [0.2, 0.25) is 0 Å². The molecule has 1 atom stereocenters. The maximum absolute atomic E-state index is 13.5. The van der Waals surface area contributed by atoms with E-state index in [1.807, 2.05) is 0 Å². The van der Waals surface area contributed by atoms with Gasteiger partial charge in [-0.1, -0.05) is 6.07 Å². The fourth-order valence-corrected chi connectivity index (χ4v) is 1.88. The number of hydrogen-bond donors (Lipinski definition) is 1. The fourth-order valence-electron chi connectivity index (χ4n) is 1.88. The predicted molar refractivity (Wildman–Crippen MR) is 66.3 cm³/mol. The van der Waals surface area contributed by atoms with Crippen LogP contribution in [-0.2, 0) is 12.6 Å². The smallest absolute Gasteiger partial charge is 0.324 e. The third kappa shape index (κ3) is 3.33. The number of benzene rings is 1. The summed E-state index contributed by atoms with van der Waals surface area (Å²) in [6.07, 6.45) is -1.12. The van der Waals surface area contributed by atoms with E-state index in [9.17, 15) is 17.6 Å². The second-order valence-corrected chi connectivity index (χ2v) is 4.40. The van der Waals surface area contributed by atoms with Gasteiger partial charge in [-0.05, 0) is 41.8 Å². The Bertz CT molecular complexity index is 581. The molecule has 0 aliphatic rings. The Morgan fingerprint density at radius 1 is 1.10 bits per heavy atom. The third-order valence-electron chi connectivity index (χ3n) is 2.93. The molecule has 2 N–H and O–H groups in total. The normalized spacial score (nSPS) is 13.2. The minimum atomic E-state index is -4.70. The summed E-state index contributed by atoms with van der Waals surface area (Å²) in [5.74, 6) is -1.31. The SMILES string of the molecule is NC(Cc1ccncc1)c1ccc(C(F)(F)F)c(F)c1. The summed E-state index contributed by atoms with van der Waals surface area (Å²) in [5.41, 5.74) is 5.81. The molecule has 0 aliphatic carbocycles. The summed E-state index contributed by atoms with van der Waals surface area (Å²) in [7, 11) is 0. The van der Waals surface area contributed by atoms with E-state index in [4.69, 9.17) is 5.73 Å². The highest BCUT2D eigenvalue weighted by Crippen LogP contribution is 2.32. The topological polar surface area (TPSA) is 38.9 Å². The van der Waals surface area contributed by atoms with Gasteiger partial charge in [-0.25, -0.2) is 4.39 Å². The summed E-state index contributed by atoms with van der Waals surface area (Å²) in [6, 6.07) is 5.69. The molecule has 1 unspecified atom stereocenters. The van der Waals surface area contributed by atoms with E-state index in [1.165, 1.54) is 6.07 Å². The van der Waals surface area contributed by atoms with Crippen LogP contribution in [0.25, 0.3) is 0 Å². The van der Waals surface area contributed by atoms with Crippen molar-refractivity contribution in [2.24, 2.45) is 5.73 Å². The number of alkyl halides is 3. The maximum atomic E-state index is 13.5. The molecule has 2 rings (SSSR count). The van der Waals surface area contributed by atoms with E-state index >= 15 is 0 Å². The highest BCUT2D eigenvalue weighted by molar-refractivity contribution is 5.29. The summed E-state index contributed by atoms with van der Waals surface area (Å²) >= 11 is 0. The number of rotatable bonds is 3. The summed E-state index contributed by atoms with van der Waals surface area (Å²) in [5, 5.41) is 0. The van der Waals surface area contributed by atoms with Crippen LogP contribution >= 0.6 is 0 Å². The molecule has 2 aromatic rings. The molecule has 0 saturated heterocycles. The van der Waals surface area contributed by atoms with E-state index in [2.05, 4.69) is 4.98 Å². The predicted octanol–water partition coefficient (Wildman–Crippen LogP) is 3.48. The van der Waals surface area contributed by atoms with Crippen molar-refractivity contribution >= 4 is 0 Å². The van der Waals surface area contributed by atoms with E-state index in [1.54, 1.807) is 24.5 Å². The average Bonchev–Trinajstić information content (AvgIpc) is 2.38. The summed E-state index contributed by atoms with van der Waals surface area (Å²) in [4.78, 5) is 3.85. The molecular formula is C14H12F4N2. The molecule has 0 amide bonds. The van der Waals surface area contributed by atoms with Crippen molar-refractivity contribution in [2.45, 2.75) is 18.6 Å². The van der Waals surface area contributed by atoms with Crippen LogP contribution in [0.4, 0.5) is 17.6 Å². The molecule has 0 fully saturated rings. The first-order chi connectivity index (χ1) is 9.38. The van der Waals surface area contributed by atoms with Crippen LogP contribution in [0.5, 0.6) is 0 Å². The molecule has 0 saturated carbocycles. The van der Waals surface area contributed by atoms with Gasteiger partial charge in [0.1, 0.15) is 5.82 Å². The monoisotopic (exact) mass is 284 g/mol. The molecule has 1 aromatic heterocycles. The van der Waals surface area contributed by atoms with Gasteiger partial charge >= 0.3 is 6.18 Å². The largest absolute Gasteiger partial charge is 0.419 e. The number of aromatic nitrogens is 1. The van der Waals surface area contributed by atoms with Crippen LogP contribution < -0.4 is 5.73 Å². The Labute approximate surface area is 113 Å². The second kappa shape index (κ2) is 5.58. The molecule has 1 heterocycles. The molecule has 0 bridgehead atoms. The average molecular weight is 284 g/mol. The van der Waals surface area contributed by atoms with Crippen molar-refractivity contribution in [3.05, 3.63) is 65.2 Å². The Morgan fingerprint density at radius 2 is 1.75 bits per heavy atom. The van der Waals surface area contributed by atoms with Crippen molar-refractivity contribution < 1.29 is 17.6 Å². The molecule has 1 aromatic carbocycles. The van der Waals surface area contributed by atoms with Gasteiger partial charge in [-0.2, -0.15) is 13.2 Å². The first-order valence-corrected chi connectivity index (χ1v) is 5.89. The van der Waals surface area contributed by atoms with Gasteiger partial charge in [0.15, 0.2) is 0 Å². The molecular weight excluding hydrogens is 272 g/mol. The van der Waals surface area contributed by atoms with Crippen LogP contribution in [0.1, 0.15) is 22.7 Å². The Morgan fingerprint density at radius 3 is 2.30 bits per heavy atom. The third-order valence-corrected chi connectivity index (χ3v) is 2.93. The van der Waals surface area contributed by atoms with Crippen molar-refractivity contribution in [1.82, 2.24) is 4.98 Å². The molecule has 6 heteroatoms. The number of hydrogen-bond acceptors (Lipinski definition) is 2.